The number of nitrogens with zero attached hydrogens (tertiary/aromatic N) is 7. The van der Waals surface area contributed by atoms with Gasteiger partial charge in [0, 0.05) is 36.0 Å². The van der Waals surface area contributed by atoms with E-state index >= 15 is 0 Å². The normalized spacial score (nSPS) is 13.6. The first-order chi connectivity index (χ1) is 16.7. The molecule has 1 fully saturated rings. The lowest BCUT2D eigenvalue weighted by atomic mass is 9.98. The molecule has 166 valence electrons. The van der Waals surface area contributed by atoms with Crippen LogP contribution in [0.5, 0.6) is 0 Å². The summed E-state index contributed by atoms with van der Waals surface area (Å²) in [4.78, 5) is 23.7. The molecule has 0 radical (unpaired) electrons. The van der Waals surface area contributed by atoms with Crippen LogP contribution in [0, 0.1) is 5.92 Å². The Morgan fingerprint density at radius 1 is 0.882 bits per heavy atom. The van der Waals surface area contributed by atoms with E-state index in [4.69, 9.17) is 0 Å². The Kier molecular flexibility index (Phi) is 4.91. The average Bonchev–Trinajstić information content (AvgIpc) is 3.32. The number of rotatable bonds is 5. The lowest BCUT2D eigenvalue weighted by molar-refractivity contribution is -0.120. The highest BCUT2D eigenvalue weighted by atomic mass is 16.2. The van der Waals surface area contributed by atoms with Crippen molar-refractivity contribution in [3.8, 4) is 22.5 Å². The second-order valence-electron chi connectivity index (χ2n) is 8.15. The van der Waals surface area contributed by atoms with E-state index in [0.717, 1.165) is 34.0 Å². The van der Waals surface area contributed by atoms with Crippen molar-refractivity contribution >= 4 is 23.1 Å². The van der Waals surface area contributed by atoms with Crippen LogP contribution in [0.3, 0.4) is 0 Å². The third-order valence-corrected chi connectivity index (χ3v) is 5.89. The number of hydrogen-bond donors (Lipinski definition) is 1. The van der Waals surface area contributed by atoms with Crippen LogP contribution in [0.4, 0.5) is 11.5 Å². The van der Waals surface area contributed by atoms with Gasteiger partial charge in [-0.1, -0.05) is 42.5 Å². The molecule has 0 saturated carbocycles. The second-order valence-corrected chi connectivity index (χ2v) is 8.15. The van der Waals surface area contributed by atoms with Crippen LogP contribution in [0.15, 0.2) is 85.5 Å². The van der Waals surface area contributed by atoms with E-state index < -0.39 is 0 Å². The Hall–Kier alpha value is -4.66. The van der Waals surface area contributed by atoms with Gasteiger partial charge in [0.25, 0.3) is 0 Å². The Balaban J connectivity index is 1.11. The van der Waals surface area contributed by atoms with Gasteiger partial charge in [-0.3, -0.25) is 4.79 Å². The van der Waals surface area contributed by atoms with Crippen LogP contribution in [-0.4, -0.2) is 48.8 Å². The van der Waals surface area contributed by atoms with Crippen molar-refractivity contribution in [2.45, 2.75) is 0 Å². The van der Waals surface area contributed by atoms with Gasteiger partial charge in [0.05, 0.1) is 17.3 Å². The molecule has 9 nitrogen and oxygen atoms in total. The summed E-state index contributed by atoms with van der Waals surface area (Å²) in [7, 11) is 0. The molecule has 0 spiro atoms. The van der Waals surface area contributed by atoms with Gasteiger partial charge in [-0.15, -0.1) is 10.2 Å². The van der Waals surface area contributed by atoms with Crippen molar-refractivity contribution in [1.29, 1.82) is 0 Å². The summed E-state index contributed by atoms with van der Waals surface area (Å²) in [5, 5.41) is 15.4. The van der Waals surface area contributed by atoms with E-state index in [1.54, 1.807) is 17.2 Å². The number of hydrogen-bond acceptors (Lipinski definition) is 7. The topological polar surface area (TPSA) is 101 Å². The summed E-state index contributed by atoms with van der Waals surface area (Å²) in [5.74, 6) is 0.716. The Morgan fingerprint density at radius 2 is 1.74 bits per heavy atom. The number of carbonyl (C=O) groups excluding carboxylic acids is 1. The first-order valence-corrected chi connectivity index (χ1v) is 10.9. The smallest absolute Gasteiger partial charge is 0.231 e. The molecule has 2 aromatic carbocycles. The van der Waals surface area contributed by atoms with Crippen molar-refractivity contribution in [3.63, 3.8) is 0 Å². The van der Waals surface area contributed by atoms with Crippen molar-refractivity contribution in [2.24, 2.45) is 5.92 Å². The summed E-state index contributed by atoms with van der Waals surface area (Å²) in [6.45, 7) is 1.23. The minimum atomic E-state index is -0.106. The largest absolute Gasteiger partial charge is 0.355 e. The molecule has 3 aromatic heterocycles. The van der Waals surface area contributed by atoms with Gasteiger partial charge in [-0.25, -0.2) is 9.97 Å². The number of fused-ring (bicyclic) bond motifs is 1. The summed E-state index contributed by atoms with van der Waals surface area (Å²) in [6.07, 6.45) is 3.13. The van der Waals surface area contributed by atoms with E-state index in [9.17, 15) is 4.79 Å². The van der Waals surface area contributed by atoms with Gasteiger partial charge in [0.1, 0.15) is 18.5 Å². The van der Waals surface area contributed by atoms with Crippen LogP contribution >= 0.6 is 0 Å². The van der Waals surface area contributed by atoms with Gasteiger partial charge >= 0.3 is 0 Å². The van der Waals surface area contributed by atoms with E-state index in [1.807, 2.05) is 72.8 Å². The lowest BCUT2D eigenvalue weighted by Crippen LogP contribution is -2.52. The molecule has 0 atom stereocenters. The van der Waals surface area contributed by atoms with Crippen LogP contribution in [0.1, 0.15) is 0 Å². The minimum Gasteiger partial charge on any atom is -0.355 e. The number of anilines is 2. The predicted octanol–water partition coefficient (Wildman–Crippen LogP) is 3.32. The first-order valence-electron chi connectivity index (χ1n) is 10.9. The third-order valence-electron chi connectivity index (χ3n) is 5.89. The monoisotopic (exact) mass is 448 g/mol. The summed E-state index contributed by atoms with van der Waals surface area (Å²) < 4.78 is 1.62. The maximum atomic E-state index is 12.8. The molecule has 0 aliphatic carbocycles. The molecule has 1 saturated heterocycles. The highest BCUT2D eigenvalue weighted by Gasteiger charge is 2.33. The summed E-state index contributed by atoms with van der Waals surface area (Å²) in [5.41, 5.74) is 5.00. The molecule has 1 aliphatic rings. The van der Waals surface area contributed by atoms with E-state index in [2.05, 4.69) is 35.5 Å². The second kappa shape index (κ2) is 8.36. The molecule has 6 rings (SSSR count). The first kappa shape index (κ1) is 20.0. The molecule has 4 heterocycles. The average molecular weight is 448 g/mol. The predicted molar refractivity (Wildman–Crippen MR) is 128 cm³/mol. The Bertz CT molecular complexity index is 1480. The van der Waals surface area contributed by atoms with Crippen molar-refractivity contribution in [2.75, 3.05) is 23.3 Å². The molecule has 0 bridgehead atoms. The van der Waals surface area contributed by atoms with Gasteiger partial charge in [0.2, 0.25) is 5.91 Å². The molecule has 1 amide bonds. The fraction of sp³-hybridized carbons (Fsp3) is 0.120. The Labute approximate surface area is 195 Å². The van der Waals surface area contributed by atoms with Gasteiger partial charge in [-0.2, -0.15) is 9.61 Å². The standard InChI is InChI=1S/C25H20N8O/c34-25(19-13-32(14-19)24-12-22(26-15-27-24)17-5-2-1-3-6-17)29-20-8-4-7-18(11-20)21-9-10-23-30-28-16-33(23)31-21/h1-12,15-16,19H,13-14H2,(H,29,34). The molecule has 1 aliphatic heterocycles. The maximum Gasteiger partial charge on any atom is 0.231 e. The number of carbonyl (C=O) groups is 1. The molecule has 5 aromatic rings. The van der Waals surface area contributed by atoms with Crippen LogP contribution in [-0.2, 0) is 4.79 Å². The molecular formula is C25H20N8O. The minimum absolute atomic E-state index is 0.00652. The van der Waals surface area contributed by atoms with Crippen molar-refractivity contribution < 1.29 is 4.79 Å². The number of aromatic nitrogens is 6. The van der Waals surface area contributed by atoms with E-state index in [0.29, 0.717) is 18.7 Å². The van der Waals surface area contributed by atoms with E-state index in [1.165, 1.54) is 0 Å². The van der Waals surface area contributed by atoms with Crippen LogP contribution in [0.2, 0.25) is 0 Å². The van der Waals surface area contributed by atoms with Gasteiger partial charge < -0.3 is 10.2 Å². The summed E-state index contributed by atoms with van der Waals surface area (Å²) >= 11 is 0. The fourth-order valence-electron chi connectivity index (χ4n) is 4.00. The number of benzene rings is 2. The van der Waals surface area contributed by atoms with Crippen LogP contribution in [0.25, 0.3) is 28.2 Å². The Morgan fingerprint density at radius 3 is 2.62 bits per heavy atom. The quantitative estimate of drug-likeness (QED) is 0.440. The highest BCUT2D eigenvalue weighted by Crippen LogP contribution is 2.27. The molecular weight excluding hydrogens is 428 g/mol. The maximum absolute atomic E-state index is 12.8. The number of nitrogens with one attached hydrogen (secondary N) is 1. The zero-order valence-electron chi connectivity index (χ0n) is 18.1. The lowest BCUT2D eigenvalue weighted by Gasteiger charge is -2.39. The molecule has 9 heteroatoms. The summed E-state index contributed by atoms with van der Waals surface area (Å²) in [6, 6.07) is 23.4. The number of amides is 1. The zero-order chi connectivity index (χ0) is 22.9. The third kappa shape index (κ3) is 3.83. The fourth-order valence-corrected chi connectivity index (χ4v) is 4.00. The molecule has 1 N–H and O–H groups in total. The molecule has 0 unspecified atom stereocenters. The van der Waals surface area contributed by atoms with Crippen LogP contribution < -0.4 is 10.2 Å². The molecule has 34 heavy (non-hydrogen) atoms. The SMILES string of the molecule is O=C(Nc1cccc(-c2ccc3nncn3n2)c1)C1CN(c2cc(-c3ccccc3)ncn2)C1. The van der Waals surface area contributed by atoms with Crippen molar-refractivity contribution in [1.82, 2.24) is 29.8 Å². The highest BCUT2D eigenvalue weighted by molar-refractivity contribution is 5.95. The zero-order valence-corrected chi connectivity index (χ0v) is 18.1. The van der Waals surface area contributed by atoms with Gasteiger partial charge in [0.15, 0.2) is 5.65 Å². The van der Waals surface area contributed by atoms with E-state index in [-0.39, 0.29) is 11.8 Å². The van der Waals surface area contributed by atoms with Crippen molar-refractivity contribution in [3.05, 3.63) is 85.5 Å². The van der Waals surface area contributed by atoms with Gasteiger partial charge in [-0.05, 0) is 24.3 Å².